The molecule has 37 heavy (non-hydrogen) atoms. The van der Waals surface area contributed by atoms with E-state index in [2.05, 4.69) is 4.72 Å². The van der Waals surface area contributed by atoms with Crippen molar-refractivity contribution in [3.63, 3.8) is 0 Å². The number of cyclic esters (lactones) is 1. The maximum Gasteiger partial charge on any atom is 0.337 e. The lowest BCUT2D eigenvalue weighted by molar-refractivity contribution is -0.189. The summed E-state index contributed by atoms with van der Waals surface area (Å²) in [5, 5.41) is 1.71. The number of anilines is 2. The number of nitrogens with one attached hydrogen (secondary N) is 1. The van der Waals surface area contributed by atoms with Crippen LogP contribution < -0.4 is 9.62 Å². The van der Waals surface area contributed by atoms with Crippen LogP contribution in [0.5, 0.6) is 0 Å². The number of sulfonamides is 1. The standard InChI is InChI=1S/C28H36N2O5S2/c1-2-16-30(23-14-7-13-22(18-23)29-37(33,34)25-15-8-17-36-25)26-24(31)19-28(35-27(26)32,20-9-3-4-10-20)21-11-5-6-12-21/h7-8,13-15,17-18,20-21,26,29H,2-6,9-12,16,19H2,1H3. The third-order valence-electron chi connectivity index (χ3n) is 8.33. The smallest absolute Gasteiger partial charge is 0.337 e. The SMILES string of the molecule is CCCN(c1cccc(NS(=O)(=O)c2cccs2)c1)C1C(=O)CC(C2CCCC2)(C2CCCC2)OC1=O. The first-order valence-electron chi connectivity index (χ1n) is 13.5. The Morgan fingerprint density at radius 2 is 1.70 bits per heavy atom. The lowest BCUT2D eigenvalue weighted by Crippen LogP contribution is -2.61. The van der Waals surface area contributed by atoms with E-state index in [1.54, 1.807) is 40.6 Å². The Bertz CT molecular complexity index is 1180. The van der Waals surface area contributed by atoms with Crippen LogP contribution in [0.1, 0.15) is 71.1 Å². The summed E-state index contributed by atoms with van der Waals surface area (Å²) in [7, 11) is -3.71. The van der Waals surface area contributed by atoms with Crippen molar-refractivity contribution in [1.82, 2.24) is 0 Å². The van der Waals surface area contributed by atoms with Crippen LogP contribution in [-0.4, -0.2) is 38.4 Å². The van der Waals surface area contributed by atoms with E-state index in [1.807, 2.05) is 13.0 Å². The second-order valence-electron chi connectivity index (χ2n) is 10.7. The minimum absolute atomic E-state index is 0.0759. The fourth-order valence-corrected chi connectivity index (χ4v) is 8.76. The van der Waals surface area contributed by atoms with E-state index < -0.39 is 27.6 Å². The molecule has 0 bridgehead atoms. The summed E-state index contributed by atoms with van der Waals surface area (Å²) in [5.41, 5.74) is 0.348. The highest BCUT2D eigenvalue weighted by Gasteiger charge is 2.57. The van der Waals surface area contributed by atoms with Crippen molar-refractivity contribution in [2.75, 3.05) is 16.2 Å². The molecule has 0 amide bonds. The van der Waals surface area contributed by atoms with Crippen LogP contribution in [0.25, 0.3) is 0 Å². The van der Waals surface area contributed by atoms with Gasteiger partial charge in [0.2, 0.25) is 0 Å². The van der Waals surface area contributed by atoms with Gasteiger partial charge >= 0.3 is 5.97 Å². The molecule has 1 atom stereocenters. The molecule has 1 saturated heterocycles. The summed E-state index contributed by atoms with van der Waals surface area (Å²) in [6, 6.07) is 9.15. The molecule has 1 aromatic carbocycles. The molecule has 2 heterocycles. The predicted molar refractivity (Wildman–Crippen MR) is 145 cm³/mol. The van der Waals surface area contributed by atoms with Crippen molar-refractivity contribution >= 4 is 44.5 Å². The number of carbonyl (C=O) groups excluding carboxylic acids is 2. The van der Waals surface area contributed by atoms with Crippen molar-refractivity contribution in [3.8, 4) is 0 Å². The number of ether oxygens (including phenoxy) is 1. The van der Waals surface area contributed by atoms with Crippen molar-refractivity contribution in [1.29, 1.82) is 0 Å². The van der Waals surface area contributed by atoms with Crippen LogP contribution >= 0.6 is 11.3 Å². The molecule has 2 aliphatic carbocycles. The number of hydrogen-bond donors (Lipinski definition) is 1. The van der Waals surface area contributed by atoms with Gasteiger partial charge in [0.1, 0.15) is 9.81 Å². The molecule has 1 unspecified atom stereocenters. The molecule has 0 radical (unpaired) electrons. The topological polar surface area (TPSA) is 92.8 Å². The van der Waals surface area contributed by atoms with Crippen LogP contribution in [0.15, 0.2) is 46.0 Å². The van der Waals surface area contributed by atoms with E-state index >= 15 is 0 Å². The summed E-state index contributed by atoms with van der Waals surface area (Å²) >= 11 is 1.14. The Hall–Kier alpha value is -2.39. The highest BCUT2D eigenvalue weighted by molar-refractivity contribution is 7.94. The number of ketones is 1. The number of Topliss-reactive ketones (excluding diaryl/α,β-unsaturated/α-hetero) is 1. The van der Waals surface area contributed by atoms with E-state index in [1.165, 1.54) is 0 Å². The van der Waals surface area contributed by atoms with Gasteiger partial charge in [-0.25, -0.2) is 13.2 Å². The summed E-state index contributed by atoms with van der Waals surface area (Å²) in [5.74, 6) is -0.000684. The molecule has 200 valence electrons. The molecular formula is C28H36N2O5S2. The van der Waals surface area contributed by atoms with Gasteiger partial charge in [0, 0.05) is 18.7 Å². The lowest BCUT2D eigenvalue weighted by Gasteiger charge is -2.48. The minimum Gasteiger partial charge on any atom is -0.456 e. The van der Waals surface area contributed by atoms with Crippen molar-refractivity contribution in [2.24, 2.45) is 11.8 Å². The summed E-state index contributed by atoms with van der Waals surface area (Å²) in [6.45, 7) is 2.48. The van der Waals surface area contributed by atoms with Gasteiger partial charge in [-0.3, -0.25) is 9.52 Å². The van der Waals surface area contributed by atoms with E-state index in [0.29, 0.717) is 17.9 Å². The fourth-order valence-electron chi connectivity index (χ4n) is 6.72. The van der Waals surface area contributed by atoms with E-state index in [9.17, 15) is 18.0 Å². The number of thiophene rings is 1. The maximum atomic E-state index is 13.8. The zero-order valence-electron chi connectivity index (χ0n) is 21.4. The fraction of sp³-hybridized carbons (Fsp3) is 0.571. The Morgan fingerprint density at radius 3 is 2.27 bits per heavy atom. The Morgan fingerprint density at radius 1 is 1.03 bits per heavy atom. The van der Waals surface area contributed by atoms with Crippen LogP contribution in [0, 0.1) is 11.8 Å². The number of rotatable bonds is 9. The number of nitrogens with zero attached hydrogens (tertiary/aromatic N) is 1. The molecule has 5 rings (SSSR count). The van der Waals surface area contributed by atoms with Crippen LogP contribution in [0.3, 0.4) is 0 Å². The third kappa shape index (κ3) is 5.17. The molecule has 2 aromatic rings. The average Bonchev–Trinajstić information content (AvgIpc) is 3.66. The van der Waals surface area contributed by atoms with E-state index in [-0.39, 0.29) is 28.2 Å². The van der Waals surface area contributed by atoms with Gasteiger partial charge in [-0.05, 0) is 73.6 Å². The lowest BCUT2D eigenvalue weighted by atomic mass is 9.69. The first kappa shape index (κ1) is 26.2. The molecular weight excluding hydrogens is 508 g/mol. The first-order valence-corrected chi connectivity index (χ1v) is 15.9. The largest absolute Gasteiger partial charge is 0.456 e. The zero-order valence-corrected chi connectivity index (χ0v) is 23.0. The van der Waals surface area contributed by atoms with Crippen LogP contribution in [0.2, 0.25) is 0 Å². The molecule has 1 aromatic heterocycles. The van der Waals surface area contributed by atoms with Gasteiger partial charge in [-0.2, -0.15) is 0 Å². The normalized spacial score (nSPS) is 22.8. The van der Waals surface area contributed by atoms with Gasteiger partial charge in [0.15, 0.2) is 11.8 Å². The highest BCUT2D eigenvalue weighted by Crippen LogP contribution is 2.51. The highest BCUT2D eigenvalue weighted by atomic mass is 32.2. The quantitative estimate of drug-likeness (QED) is 0.318. The van der Waals surface area contributed by atoms with Gasteiger partial charge < -0.3 is 9.64 Å². The number of esters is 1. The predicted octanol–water partition coefficient (Wildman–Crippen LogP) is 5.77. The summed E-state index contributed by atoms with van der Waals surface area (Å²) in [4.78, 5) is 29.3. The Kier molecular flexibility index (Phi) is 7.63. The summed E-state index contributed by atoms with van der Waals surface area (Å²) < 4.78 is 34.8. The van der Waals surface area contributed by atoms with E-state index in [0.717, 1.165) is 69.1 Å². The van der Waals surface area contributed by atoms with Crippen molar-refractivity contribution < 1.29 is 22.7 Å². The van der Waals surface area contributed by atoms with Gasteiger partial charge in [0.25, 0.3) is 10.0 Å². The second kappa shape index (κ2) is 10.8. The molecule has 3 fully saturated rings. The number of hydrogen-bond acceptors (Lipinski definition) is 7. The Balaban J connectivity index is 1.42. The van der Waals surface area contributed by atoms with E-state index in [4.69, 9.17) is 4.74 Å². The molecule has 0 spiro atoms. The number of carbonyl (C=O) groups is 2. The van der Waals surface area contributed by atoms with Crippen LogP contribution in [0.4, 0.5) is 11.4 Å². The zero-order chi connectivity index (χ0) is 26.0. The average molecular weight is 545 g/mol. The summed E-state index contributed by atoms with van der Waals surface area (Å²) in [6.07, 6.45) is 9.60. The van der Waals surface area contributed by atoms with Crippen molar-refractivity contribution in [3.05, 3.63) is 41.8 Å². The van der Waals surface area contributed by atoms with Gasteiger partial charge in [0.05, 0.1) is 5.69 Å². The molecule has 1 N–H and O–H groups in total. The molecule has 1 aliphatic heterocycles. The van der Waals surface area contributed by atoms with Crippen molar-refractivity contribution in [2.45, 2.75) is 87.0 Å². The van der Waals surface area contributed by atoms with Gasteiger partial charge in [-0.15, -0.1) is 11.3 Å². The Labute approximate surface area is 223 Å². The second-order valence-corrected chi connectivity index (χ2v) is 13.5. The monoisotopic (exact) mass is 544 g/mol. The van der Waals surface area contributed by atoms with Crippen LogP contribution in [-0.2, 0) is 24.3 Å². The third-order valence-corrected chi connectivity index (χ3v) is 11.1. The molecule has 2 saturated carbocycles. The molecule has 3 aliphatic rings. The maximum absolute atomic E-state index is 13.8. The van der Waals surface area contributed by atoms with Gasteiger partial charge in [-0.1, -0.05) is 44.7 Å². The number of benzene rings is 1. The minimum atomic E-state index is -3.71. The molecule has 9 heteroatoms. The first-order chi connectivity index (χ1) is 17.8. The molecule has 7 nitrogen and oxygen atoms in total.